The Morgan fingerprint density at radius 3 is 2.69 bits per heavy atom. The summed E-state index contributed by atoms with van der Waals surface area (Å²) in [6, 6.07) is 10.1. The second-order valence-corrected chi connectivity index (χ2v) is 7.62. The van der Waals surface area contributed by atoms with E-state index in [-0.39, 0.29) is 23.5 Å². The first kappa shape index (κ1) is 18.7. The molecule has 1 aliphatic carbocycles. The van der Waals surface area contributed by atoms with Crippen LogP contribution >= 0.6 is 11.8 Å². The molecule has 0 aliphatic heterocycles. The fourth-order valence-electron chi connectivity index (χ4n) is 3.29. The van der Waals surface area contributed by atoms with Gasteiger partial charge in [0.05, 0.1) is 11.3 Å². The molecule has 2 amide bonds. The minimum absolute atomic E-state index is 0.0329. The van der Waals surface area contributed by atoms with Crippen molar-refractivity contribution < 1.29 is 9.59 Å². The van der Waals surface area contributed by atoms with E-state index in [0.29, 0.717) is 0 Å². The number of para-hydroxylation sites is 1. The van der Waals surface area contributed by atoms with E-state index in [1.807, 2.05) is 24.3 Å². The van der Waals surface area contributed by atoms with E-state index in [0.717, 1.165) is 53.6 Å². The molecular formula is C20H25N3O2S. The average Bonchev–Trinajstić information content (AvgIpc) is 2.70. The lowest BCUT2D eigenvalue weighted by atomic mass is 9.89. The van der Waals surface area contributed by atoms with Crippen LogP contribution in [0.5, 0.6) is 0 Å². The van der Waals surface area contributed by atoms with Crippen LogP contribution in [0.2, 0.25) is 0 Å². The molecule has 1 fully saturated rings. The number of aromatic nitrogens is 1. The van der Waals surface area contributed by atoms with Crippen LogP contribution in [0.25, 0.3) is 10.9 Å². The van der Waals surface area contributed by atoms with Crippen molar-refractivity contribution in [1.82, 2.24) is 15.8 Å². The molecule has 2 N–H and O–H groups in total. The van der Waals surface area contributed by atoms with Crippen molar-refractivity contribution in [1.29, 1.82) is 0 Å². The number of rotatable bonds is 5. The Hall–Kier alpha value is -2.08. The third kappa shape index (κ3) is 4.75. The summed E-state index contributed by atoms with van der Waals surface area (Å²) in [6.45, 7) is 2.08. The van der Waals surface area contributed by atoms with Gasteiger partial charge in [-0.1, -0.05) is 56.1 Å². The third-order valence-corrected chi connectivity index (χ3v) is 5.82. The minimum atomic E-state index is -0.212. The number of carbonyl (C=O) groups excluding carboxylic acids is 2. The number of fused-ring (bicyclic) bond motifs is 1. The lowest BCUT2D eigenvalue weighted by molar-refractivity contribution is -0.131. The Bertz CT molecular complexity index is 788. The smallest absolute Gasteiger partial charge is 0.248 e. The predicted molar refractivity (Wildman–Crippen MR) is 105 cm³/mol. The Labute approximate surface area is 158 Å². The van der Waals surface area contributed by atoms with Crippen LogP contribution in [0, 0.1) is 5.92 Å². The fourth-order valence-corrected chi connectivity index (χ4v) is 4.18. The molecule has 2 aromatic rings. The Balaban J connectivity index is 1.54. The van der Waals surface area contributed by atoms with Crippen LogP contribution in [-0.2, 0) is 16.0 Å². The topological polar surface area (TPSA) is 71.1 Å². The van der Waals surface area contributed by atoms with Crippen LogP contribution < -0.4 is 10.9 Å². The second kappa shape index (κ2) is 9.03. The number of benzene rings is 1. The number of carbonyl (C=O) groups is 2. The Morgan fingerprint density at radius 2 is 1.92 bits per heavy atom. The zero-order chi connectivity index (χ0) is 18.4. The van der Waals surface area contributed by atoms with Gasteiger partial charge in [-0.25, -0.2) is 4.98 Å². The van der Waals surface area contributed by atoms with Gasteiger partial charge >= 0.3 is 0 Å². The molecule has 1 saturated carbocycles. The molecule has 1 aromatic heterocycles. The number of hydrazine groups is 1. The summed E-state index contributed by atoms with van der Waals surface area (Å²) < 4.78 is 0. The highest BCUT2D eigenvalue weighted by atomic mass is 32.2. The zero-order valence-electron chi connectivity index (χ0n) is 15.1. The molecule has 1 aliphatic rings. The molecule has 26 heavy (non-hydrogen) atoms. The number of thioether (sulfide) groups is 1. The monoisotopic (exact) mass is 371 g/mol. The molecule has 3 rings (SSSR count). The highest BCUT2D eigenvalue weighted by Gasteiger charge is 2.21. The van der Waals surface area contributed by atoms with E-state index in [9.17, 15) is 9.59 Å². The van der Waals surface area contributed by atoms with Gasteiger partial charge in [0, 0.05) is 11.3 Å². The summed E-state index contributed by atoms with van der Waals surface area (Å²) in [6.07, 6.45) is 6.07. The Morgan fingerprint density at radius 1 is 1.15 bits per heavy atom. The van der Waals surface area contributed by atoms with Crippen molar-refractivity contribution in [2.24, 2.45) is 5.92 Å². The first-order valence-corrected chi connectivity index (χ1v) is 10.3. The van der Waals surface area contributed by atoms with Crippen molar-refractivity contribution >= 4 is 34.5 Å². The van der Waals surface area contributed by atoms with Crippen molar-refractivity contribution in [3.8, 4) is 0 Å². The molecule has 0 spiro atoms. The van der Waals surface area contributed by atoms with Gasteiger partial charge in [-0.05, 0) is 37.0 Å². The molecule has 0 saturated heterocycles. The van der Waals surface area contributed by atoms with Gasteiger partial charge in [0.2, 0.25) is 11.8 Å². The van der Waals surface area contributed by atoms with Gasteiger partial charge in [-0.15, -0.1) is 0 Å². The summed E-state index contributed by atoms with van der Waals surface area (Å²) in [5, 5.41) is 1.98. The van der Waals surface area contributed by atoms with Gasteiger partial charge in [0.25, 0.3) is 0 Å². The number of pyridine rings is 1. The predicted octanol–water partition coefficient (Wildman–Crippen LogP) is 3.62. The average molecular weight is 372 g/mol. The van der Waals surface area contributed by atoms with E-state index in [1.54, 1.807) is 0 Å². The number of hydrogen-bond donors (Lipinski definition) is 2. The number of nitrogens with one attached hydrogen (secondary N) is 2. The van der Waals surface area contributed by atoms with Crippen LogP contribution in [0.1, 0.15) is 44.6 Å². The van der Waals surface area contributed by atoms with Crippen LogP contribution in [-0.4, -0.2) is 22.6 Å². The molecule has 0 bridgehead atoms. The molecule has 138 valence electrons. The number of nitrogens with zero attached hydrogens (tertiary/aromatic N) is 1. The normalized spacial score (nSPS) is 15.0. The Kier molecular flexibility index (Phi) is 6.50. The van der Waals surface area contributed by atoms with Crippen molar-refractivity contribution in [2.45, 2.75) is 50.5 Å². The number of hydrogen-bond acceptors (Lipinski definition) is 4. The maximum absolute atomic E-state index is 12.1. The maximum Gasteiger partial charge on any atom is 0.248 e. The molecule has 0 atom stereocenters. The molecule has 1 aromatic carbocycles. The summed E-state index contributed by atoms with van der Waals surface area (Å²) in [5.41, 5.74) is 7.17. The van der Waals surface area contributed by atoms with Crippen molar-refractivity contribution in [3.63, 3.8) is 0 Å². The van der Waals surface area contributed by atoms with Gasteiger partial charge in [0.1, 0.15) is 5.03 Å². The quantitative estimate of drug-likeness (QED) is 0.622. The molecule has 5 nitrogen and oxygen atoms in total. The molecule has 6 heteroatoms. The first-order chi connectivity index (χ1) is 12.7. The summed E-state index contributed by atoms with van der Waals surface area (Å²) in [7, 11) is 0. The van der Waals surface area contributed by atoms with Crippen molar-refractivity contribution in [3.05, 3.63) is 35.9 Å². The van der Waals surface area contributed by atoms with E-state index >= 15 is 0 Å². The summed E-state index contributed by atoms with van der Waals surface area (Å²) in [5.74, 6) is -0.0219. The number of amides is 2. The lowest BCUT2D eigenvalue weighted by Crippen LogP contribution is -2.45. The fraction of sp³-hybridized carbons (Fsp3) is 0.450. The van der Waals surface area contributed by atoms with Gasteiger partial charge < -0.3 is 0 Å². The zero-order valence-corrected chi connectivity index (χ0v) is 15.9. The van der Waals surface area contributed by atoms with E-state index in [1.165, 1.54) is 18.2 Å². The first-order valence-electron chi connectivity index (χ1n) is 9.27. The van der Waals surface area contributed by atoms with E-state index < -0.39 is 0 Å². The van der Waals surface area contributed by atoms with E-state index in [2.05, 4.69) is 28.8 Å². The minimum Gasteiger partial charge on any atom is -0.273 e. The third-order valence-electron chi connectivity index (χ3n) is 4.79. The molecule has 0 radical (unpaired) electrons. The molecular weight excluding hydrogens is 346 g/mol. The second-order valence-electron chi connectivity index (χ2n) is 6.66. The highest BCUT2D eigenvalue weighted by Crippen LogP contribution is 2.25. The highest BCUT2D eigenvalue weighted by molar-refractivity contribution is 7.99. The molecule has 1 heterocycles. The van der Waals surface area contributed by atoms with Crippen LogP contribution in [0.3, 0.4) is 0 Å². The number of aryl methyl sites for hydroxylation is 1. The van der Waals surface area contributed by atoms with Crippen LogP contribution in [0.4, 0.5) is 0 Å². The maximum atomic E-state index is 12.1. The lowest BCUT2D eigenvalue weighted by Gasteiger charge is -2.20. The van der Waals surface area contributed by atoms with Gasteiger partial charge in [-0.3, -0.25) is 20.4 Å². The summed E-state index contributed by atoms with van der Waals surface area (Å²) in [4.78, 5) is 28.9. The SMILES string of the molecule is CCc1cc2ccccc2nc1SCC(=O)NNC(=O)C1CCCCC1. The standard InChI is InChI=1S/C20H25N3O2S/c1-2-14-12-16-10-6-7-11-17(16)21-20(14)26-13-18(24)22-23-19(25)15-8-4-3-5-9-15/h6-7,10-12,15H,2-5,8-9,13H2,1H3,(H,22,24)(H,23,25). The van der Waals surface area contributed by atoms with E-state index in [4.69, 9.17) is 0 Å². The van der Waals surface area contributed by atoms with Gasteiger partial charge in [0.15, 0.2) is 0 Å². The van der Waals surface area contributed by atoms with Gasteiger partial charge in [-0.2, -0.15) is 0 Å². The molecule has 0 unspecified atom stereocenters. The van der Waals surface area contributed by atoms with Crippen molar-refractivity contribution in [2.75, 3.05) is 5.75 Å². The summed E-state index contributed by atoms with van der Waals surface area (Å²) >= 11 is 1.41. The van der Waals surface area contributed by atoms with Crippen LogP contribution in [0.15, 0.2) is 35.4 Å². The largest absolute Gasteiger partial charge is 0.273 e.